The molecule has 28 heavy (non-hydrogen) atoms. The fraction of sp³-hybridized carbons (Fsp3) is 0.450. The van der Waals surface area contributed by atoms with E-state index in [4.69, 9.17) is 4.74 Å². The van der Waals surface area contributed by atoms with Gasteiger partial charge in [-0.15, -0.1) is 0 Å². The van der Waals surface area contributed by atoms with Crippen molar-refractivity contribution >= 4 is 17.5 Å². The summed E-state index contributed by atoms with van der Waals surface area (Å²) in [5, 5.41) is 3.15. The number of aromatic nitrogens is 2. The lowest BCUT2D eigenvalue weighted by atomic mass is 10.2. The molecular formula is C20H28N6O2. The van der Waals surface area contributed by atoms with Gasteiger partial charge in [0, 0.05) is 51.7 Å². The van der Waals surface area contributed by atoms with Gasteiger partial charge in [-0.25, -0.2) is 9.97 Å². The maximum Gasteiger partial charge on any atom is 0.257 e. The summed E-state index contributed by atoms with van der Waals surface area (Å²) >= 11 is 0. The minimum absolute atomic E-state index is 0.0282. The largest absolute Gasteiger partial charge is 0.495 e. The lowest BCUT2D eigenvalue weighted by molar-refractivity contribution is 0.0746. The second kappa shape index (κ2) is 9.36. The number of anilines is 2. The number of likely N-dealkylation sites (N-methyl/N-ethyl adjacent to an activating group) is 1. The van der Waals surface area contributed by atoms with E-state index in [0.717, 1.165) is 37.6 Å². The molecule has 8 heteroatoms. The maximum atomic E-state index is 12.8. The fourth-order valence-electron chi connectivity index (χ4n) is 3.15. The van der Waals surface area contributed by atoms with Gasteiger partial charge in [0.05, 0.1) is 18.4 Å². The van der Waals surface area contributed by atoms with Gasteiger partial charge in [-0.2, -0.15) is 0 Å². The van der Waals surface area contributed by atoms with Crippen LogP contribution in [0.2, 0.25) is 0 Å². The van der Waals surface area contributed by atoms with Gasteiger partial charge in [0.25, 0.3) is 5.91 Å². The average Bonchev–Trinajstić information content (AvgIpc) is 2.73. The summed E-state index contributed by atoms with van der Waals surface area (Å²) in [6.45, 7) is 4.47. The Morgan fingerprint density at radius 1 is 1.14 bits per heavy atom. The second-order valence-corrected chi connectivity index (χ2v) is 6.98. The van der Waals surface area contributed by atoms with Crippen LogP contribution < -0.4 is 15.0 Å². The van der Waals surface area contributed by atoms with Crippen molar-refractivity contribution in [3.8, 4) is 5.75 Å². The first kappa shape index (κ1) is 19.9. The van der Waals surface area contributed by atoms with Crippen LogP contribution in [0, 0.1) is 0 Å². The number of piperazine rings is 1. The van der Waals surface area contributed by atoms with E-state index in [1.807, 2.05) is 43.3 Å². The quantitative estimate of drug-likeness (QED) is 0.774. The van der Waals surface area contributed by atoms with Crippen molar-refractivity contribution in [2.45, 2.75) is 0 Å². The van der Waals surface area contributed by atoms with Gasteiger partial charge >= 0.3 is 0 Å². The number of nitrogens with zero attached hydrogens (tertiary/aromatic N) is 5. The van der Waals surface area contributed by atoms with Crippen molar-refractivity contribution in [3.63, 3.8) is 0 Å². The van der Waals surface area contributed by atoms with Crippen molar-refractivity contribution in [3.05, 3.63) is 42.2 Å². The van der Waals surface area contributed by atoms with Gasteiger partial charge < -0.3 is 24.8 Å². The highest BCUT2D eigenvalue weighted by atomic mass is 16.5. The molecule has 0 bridgehead atoms. The molecule has 8 nitrogen and oxygen atoms in total. The molecule has 2 aromatic rings. The first-order chi connectivity index (χ1) is 13.6. The van der Waals surface area contributed by atoms with Crippen LogP contribution in [0.5, 0.6) is 5.75 Å². The summed E-state index contributed by atoms with van der Waals surface area (Å²) in [5.41, 5.74) is 1.58. The Kier molecular flexibility index (Phi) is 6.65. The van der Waals surface area contributed by atoms with Crippen LogP contribution >= 0.6 is 0 Å². The van der Waals surface area contributed by atoms with E-state index in [1.54, 1.807) is 19.5 Å². The average molecular weight is 384 g/mol. The minimum atomic E-state index is -0.0282. The molecule has 1 fully saturated rings. The van der Waals surface area contributed by atoms with Crippen LogP contribution in [-0.4, -0.2) is 86.1 Å². The van der Waals surface area contributed by atoms with Crippen LogP contribution in [0.1, 0.15) is 10.4 Å². The highest BCUT2D eigenvalue weighted by Crippen LogP contribution is 2.28. The lowest BCUT2D eigenvalue weighted by Crippen LogP contribution is -2.48. The Balaban J connectivity index is 1.55. The predicted octanol–water partition coefficient (Wildman–Crippen LogP) is 1.42. The van der Waals surface area contributed by atoms with Crippen LogP contribution in [-0.2, 0) is 0 Å². The van der Waals surface area contributed by atoms with E-state index in [2.05, 4.69) is 25.1 Å². The highest BCUT2D eigenvalue weighted by molar-refractivity contribution is 5.93. The molecular weight excluding hydrogens is 356 g/mol. The normalized spacial score (nSPS) is 14.3. The molecule has 0 atom stereocenters. The van der Waals surface area contributed by atoms with E-state index in [-0.39, 0.29) is 5.91 Å². The molecule has 1 aliphatic heterocycles. The number of hydrogen-bond acceptors (Lipinski definition) is 7. The number of amides is 1. The van der Waals surface area contributed by atoms with Gasteiger partial charge in [0.1, 0.15) is 5.75 Å². The van der Waals surface area contributed by atoms with E-state index < -0.39 is 0 Å². The number of carbonyl (C=O) groups is 1. The molecule has 0 aliphatic carbocycles. The van der Waals surface area contributed by atoms with Crippen molar-refractivity contribution in [1.82, 2.24) is 19.8 Å². The number of rotatable bonds is 7. The van der Waals surface area contributed by atoms with Gasteiger partial charge in [0.2, 0.25) is 5.95 Å². The molecule has 0 spiro atoms. The zero-order valence-corrected chi connectivity index (χ0v) is 16.8. The van der Waals surface area contributed by atoms with Crippen LogP contribution in [0.4, 0.5) is 11.6 Å². The zero-order chi connectivity index (χ0) is 19.9. The van der Waals surface area contributed by atoms with Crippen molar-refractivity contribution in [2.75, 3.05) is 70.7 Å². The minimum Gasteiger partial charge on any atom is -0.495 e. The predicted molar refractivity (Wildman–Crippen MR) is 110 cm³/mol. The third-order valence-electron chi connectivity index (χ3n) is 4.73. The van der Waals surface area contributed by atoms with E-state index in [1.165, 1.54) is 0 Å². The number of nitrogens with one attached hydrogen (secondary N) is 1. The summed E-state index contributed by atoms with van der Waals surface area (Å²) < 4.78 is 5.45. The smallest absolute Gasteiger partial charge is 0.257 e. The SMILES string of the molecule is COc1ccccc1N1CCN(C(=O)c2cnc(NCCN(C)C)nc2)CC1. The topological polar surface area (TPSA) is 73.8 Å². The molecule has 3 rings (SSSR count). The number of ether oxygens (including phenoxy) is 1. The Hall–Kier alpha value is -2.87. The van der Waals surface area contributed by atoms with Gasteiger partial charge in [-0.1, -0.05) is 12.1 Å². The number of methoxy groups -OCH3 is 1. The molecule has 1 saturated heterocycles. The number of benzene rings is 1. The van der Waals surface area contributed by atoms with Crippen LogP contribution in [0.3, 0.4) is 0 Å². The monoisotopic (exact) mass is 384 g/mol. The van der Waals surface area contributed by atoms with Crippen molar-refractivity contribution in [1.29, 1.82) is 0 Å². The third kappa shape index (κ3) is 4.89. The summed E-state index contributed by atoms with van der Waals surface area (Å²) in [7, 11) is 5.70. The fourth-order valence-corrected chi connectivity index (χ4v) is 3.15. The Bertz CT molecular complexity index is 773. The lowest BCUT2D eigenvalue weighted by Gasteiger charge is -2.36. The van der Waals surface area contributed by atoms with E-state index >= 15 is 0 Å². The number of para-hydroxylation sites is 2. The molecule has 1 amide bonds. The van der Waals surface area contributed by atoms with E-state index in [0.29, 0.717) is 24.6 Å². The first-order valence-electron chi connectivity index (χ1n) is 9.46. The zero-order valence-electron chi connectivity index (χ0n) is 16.8. The molecule has 1 aliphatic rings. The highest BCUT2D eigenvalue weighted by Gasteiger charge is 2.24. The molecule has 1 aromatic heterocycles. The second-order valence-electron chi connectivity index (χ2n) is 6.98. The summed E-state index contributed by atoms with van der Waals surface area (Å²) in [6, 6.07) is 7.96. The van der Waals surface area contributed by atoms with Gasteiger partial charge in [-0.05, 0) is 26.2 Å². The Labute approximate surface area is 166 Å². The summed E-state index contributed by atoms with van der Waals surface area (Å²) in [5.74, 6) is 1.37. The molecule has 0 unspecified atom stereocenters. The van der Waals surface area contributed by atoms with E-state index in [9.17, 15) is 4.79 Å². The number of hydrogen-bond donors (Lipinski definition) is 1. The molecule has 1 aromatic carbocycles. The first-order valence-corrected chi connectivity index (χ1v) is 9.46. The van der Waals surface area contributed by atoms with Crippen molar-refractivity contribution in [2.24, 2.45) is 0 Å². The molecule has 150 valence electrons. The maximum absolute atomic E-state index is 12.8. The summed E-state index contributed by atoms with van der Waals surface area (Å²) in [6.07, 6.45) is 3.19. The Morgan fingerprint density at radius 2 is 1.82 bits per heavy atom. The molecule has 0 saturated carbocycles. The number of carbonyl (C=O) groups excluding carboxylic acids is 1. The standard InChI is InChI=1S/C20H28N6O2/c1-24(2)9-8-21-20-22-14-16(15-23-20)19(27)26-12-10-25(11-13-26)17-6-4-5-7-18(17)28-3/h4-7,14-15H,8-13H2,1-3H3,(H,21,22,23). The van der Waals surface area contributed by atoms with Crippen molar-refractivity contribution < 1.29 is 9.53 Å². The third-order valence-corrected chi connectivity index (χ3v) is 4.73. The van der Waals surface area contributed by atoms with Gasteiger partial charge in [-0.3, -0.25) is 4.79 Å². The van der Waals surface area contributed by atoms with Gasteiger partial charge in [0.15, 0.2) is 0 Å². The Morgan fingerprint density at radius 3 is 2.46 bits per heavy atom. The van der Waals surface area contributed by atoms with Crippen LogP contribution in [0.15, 0.2) is 36.7 Å². The molecule has 1 N–H and O–H groups in total. The summed E-state index contributed by atoms with van der Waals surface area (Å²) in [4.78, 5) is 27.5. The molecule has 2 heterocycles. The molecule has 0 radical (unpaired) electrons. The van der Waals surface area contributed by atoms with Crippen LogP contribution in [0.25, 0.3) is 0 Å².